The fourth-order valence-electron chi connectivity index (χ4n) is 11.9. The molecular weight excluding hydrogens is 1050 g/mol. The highest BCUT2D eigenvalue weighted by Gasteiger charge is 2.44. The van der Waals surface area contributed by atoms with Gasteiger partial charge in [0.15, 0.2) is 34.0 Å². The van der Waals surface area contributed by atoms with E-state index in [0.29, 0.717) is 117 Å². The van der Waals surface area contributed by atoms with Crippen molar-refractivity contribution in [3.05, 3.63) is 72.8 Å². The van der Waals surface area contributed by atoms with Gasteiger partial charge < -0.3 is 87.0 Å². The number of aliphatic hydroxyl groups is 5. The zero-order valence-corrected chi connectivity index (χ0v) is 44.4. The van der Waals surface area contributed by atoms with Crippen molar-refractivity contribution < 1.29 is 44.7 Å². The summed E-state index contributed by atoms with van der Waals surface area (Å²) in [7, 11) is 0. The summed E-state index contributed by atoms with van der Waals surface area (Å²) >= 11 is 0. The van der Waals surface area contributed by atoms with E-state index in [1.54, 1.807) is 29.6 Å². The van der Waals surface area contributed by atoms with Gasteiger partial charge in [0.2, 0.25) is 23.7 Å². The van der Waals surface area contributed by atoms with E-state index in [2.05, 4.69) is 52.5 Å². The maximum atomic E-state index is 13.0. The molecule has 0 radical (unpaired) electrons. The van der Waals surface area contributed by atoms with Crippen LogP contribution in [0.3, 0.4) is 0 Å². The molecule has 6 aromatic heterocycles. The van der Waals surface area contributed by atoms with Crippen LogP contribution in [0.15, 0.2) is 61.4 Å². The molecular formula is C52H68N20O9. The number of nitrogens with one attached hydrogen (secondary N) is 8. The zero-order chi connectivity index (χ0) is 56.1. The predicted molar refractivity (Wildman–Crippen MR) is 292 cm³/mol. The number of hydrogen-bond acceptors (Lipinski definition) is 21. The van der Waals surface area contributed by atoms with E-state index in [9.17, 15) is 44.7 Å². The molecule has 0 spiro atoms. The molecule has 13 N–H and O–H groups in total. The number of amides is 6. The first-order chi connectivity index (χ1) is 39.4. The minimum absolute atomic E-state index is 0.0463. The van der Waals surface area contributed by atoms with Gasteiger partial charge in [0.05, 0.1) is 61.4 Å². The van der Waals surface area contributed by atoms with Crippen LogP contribution in [0, 0.1) is 0 Å². The second kappa shape index (κ2) is 24.3. The normalized spacial score (nSPS) is 26.4. The quantitative estimate of drug-likeness (QED) is 0.0494. The highest BCUT2D eigenvalue weighted by Crippen LogP contribution is 2.38. The van der Waals surface area contributed by atoms with Crippen molar-refractivity contribution in [1.82, 2.24) is 80.9 Å². The number of carbonyl (C=O) groups excluding carboxylic acids is 4. The first-order valence-electron chi connectivity index (χ1n) is 27.6. The Morgan fingerprint density at radius 1 is 0.531 bits per heavy atom. The molecule has 81 heavy (non-hydrogen) atoms. The Morgan fingerprint density at radius 2 is 1.04 bits per heavy atom. The van der Waals surface area contributed by atoms with Gasteiger partial charge in [-0.1, -0.05) is 12.1 Å². The summed E-state index contributed by atoms with van der Waals surface area (Å²) in [6.07, 6.45) is 7.98. The van der Waals surface area contributed by atoms with Crippen LogP contribution in [0.25, 0.3) is 22.3 Å². The number of pyridine rings is 2. The van der Waals surface area contributed by atoms with Crippen LogP contribution in [-0.2, 0) is 22.7 Å². The van der Waals surface area contributed by atoms with Crippen molar-refractivity contribution in [3.63, 3.8) is 0 Å². The van der Waals surface area contributed by atoms with Gasteiger partial charge in [0.25, 0.3) is 0 Å². The lowest BCUT2D eigenvalue weighted by atomic mass is 9.91. The number of fused-ring (bicyclic) bond motifs is 2. The van der Waals surface area contributed by atoms with E-state index in [1.807, 2.05) is 50.8 Å². The third-order valence-electron chi connectivity index (χ3n) is 16.0. The molecule has 29 heteroatoms. The lowest BCUT2D eigenvalue weighted by Gasteiger charge is -2.31. The van der Waals surface area contributed by atoms with Crippen LogP contribution in [0.1, 0.15) is 81.3 Å². The summed E-state index contributed by atoms with van der Waals surface area (Å²) in [5.74, 6) is 0.590. The van der Waals surface area contributed by atoms with E-state index in [-0.39, 0.29) is 68.2 Å². The lowest BCUT2D eigenvalue weighted by Crippen LogP contribution is -2.44. The summed E-state index contributed by atoms with van der Waals surface area (Å²) in [5, 5.41) is 77.1. The summed E-state index contributed by atoms with van der Waals surface area (Å²) in [6.45, 7) is 1.06. The Morgan fingerprint density at radius 3 is 1.53 bits per heavy atom. The van der Waals surface area contributed by atoms with Crippen LogP contribution in [0.5, 0.6) is 0 Å². The van der Waals surface area contributed by atoms with Gasteiger partial charge in [-0.25, -0.2) is 19.6 Å². The fraction of sp³-hybridized carbons (Fsp3) is 0.538. The fourth-order valence-corrected chi connectivity index (χ4v) is 11.9. The minimum atomic E-state index is -1.32. The molecule has 6 amide bonds. The number of rotatable bonds is 18. The largest absolute Gasteiger partial charge is 0.391 e. The molecule has 6 aromatic rings. The average molecular weight is 1120 g/mol. The number of hydrogen-bond donors (Lipinski definition) is 13. The SMILES string of the molecule is O=C(CO)N[C@@H]1C[C@@H](O)[C@H](n2cnc3c(NC4CCC(Nc5nc(N6CC[C@@H](NC(=O)NCc7ccccn7)C6)nc6c5ncn6[C@@H]5C[C@H](NC(=O)CO)[C@@H](O)[C@H]5O)CC4)nc(N4CC[C@@H](NC(=O)NCc5ccccn5)C4)nc32)C1. The molecule has 430 valence electrons. The molecule has 0 bridgehead atoms. The smallest absolute Gasteiger partial charge is 0.315 e. The standard InChI is InChI=1S/C52H68N20O9/c73-24-39(76)59-34-17-36(38(75)18-34)71-26-57-41-45(65-49(67-47(41)71)69-15-11-32(22-69)62-51(80)55-20-30-5-1-3-13-53-30)60-28-7-9-29(10-8-28)61-46-42-48(72(27-58-42)37-19-35(43(78)44(37)79)64-40(77)25-74)68-50(66-46)70-16-12-33(23-70)63-52(81)56-21-31-6-2-4-14-54-31/h1-6,13-14,26-29,32-38,43-44,73-75,78-79H,7-12,15-25H2,(H,59,76)(H,64,77)(H2,55,62,80)(H2,56,63,81)(H,60,65,67)(H,61,66,68)/t28?,29?,32-,33-,34+,35+,36-,37-,38-,43-,44+/m1/s1. The molecule has 2 aliphatic heterocycles. The van der Waals surface area contributed by atoms with E-state index >= 15 is 0 Å². The van der Waals surface area contributed by atoms with Crippen LogP contribution in [0.2, 0.25) is 0 Å². The third-order valence-corrected chi connectivity index (χ3v) is 16.0. The number of aliphatic hydroxyl groups excluding tert-OH is 5. The average Bonchev–Trinajstić information content (AvgIpc) is 4.57. The topological polar surface area (TPSA) is 385 Å². The maximum absolute atomic E-state index is 13.0. The monoisotopic (exact) mass is 1120 g/mol. The molecule has 0 unspecified atom stereocenters. The van der Waals surface area contributed by atoms with Crippen molar-refractivity contribution >= 4 is 69.7 Å². The van der Waals surface area contributed by atoms with E-state index < -0.39 is 61.5 Å². The van der Waals surface area contributed by atoms with Crippen molar-refractivity contribution in [2.45, 2.75) is 138 Å². The lowest BCUT2D eigenvalue weighted by molar-refractivity contribution is -0.125. The number of aromatic nitrogens is 10. The first kappa shape index (κ1) is 54.8. The summed E-state index contributed by atoms with van der Waals surface area (Å²) in [5.41, 5.74) is 3.31. The number of imidazole rings is 2. The number of nitrogens with zero attached hydrogens (tertiary/aromatic N) is 12. The molecule has 9 atom stereocenters. The summed E-state index contributed by atoms with van der Waals surface area (Å²) in [4.78, 5) is 92.5. The number of carbonyl (C=O) groups is 4. The molecule has 2 saturated heterocycles. The van der Waals surface area contributed by atoms with Gasteiger partial charge in [0, 0.05) is 68.8 Å². The number of anilines is 4. The minimum Gasteiger partial charge on any atom is -0.391 e. The van der Waals surface area contributed by atoms with E-state index in [0.717, 1.165) is 11.4 Å². The molecule has 3 saturated carbocycles. The molecule has 8 heterocycles. The van der Waals surface area contributed by atoms with Gasteiger partial charge in [-0.3, -0.25) is 19.6 Å². The summed E-state index contributed by atoms with van der Waals surface area (Å²) in [6, 6.07) is 7.43. The highest BCUT2D eigenvalue weighted by molar-refractivity contribution is 5.86. The molecule has 29 nitrogen and oxygen atoms in total. The van der Waals surface area contributed by atoms with Crippen molar-refractivity contribution in [2.75, 3.05) is 59.8 Å². The van der Waals surface area contributed by atoms with Crippen LogP contribution in [-0.4, -0.2) is 192 Å². The molecule has 3 aliphatic carbocycles. The Balaban J connectivity index is 0.804. The number of urea groups is 2. The second-order valence-electron chi connectivity index (χ2n) is 21.5. The Bertz CT molecular complexity index is 3180. The van der Waals surface area contributed by atoms with Gasteiger partial charge in [-0.05, 0) is 82.1 Å². The zero-order valence-electron chi connectivity index (χ0n) is 44.4. The Labute approximate surface area is 464 Å². The summed E-state index contributed by atoms with van der Waals surface area (Å²) < 4.78 is 3.53. The maximum Gasteiger partial charge on any atom is 0.315 e. The molecule has 5 fully saturated rings. The molecule has 5 aliphatic rings. The highest BCUT2D eigenvalue weighted by atomic mass is 16.3. The van der Waals surface area contributed by atoms with Crippen molar-refractivity contribution in [2.24, 2.45) is 0 Å². The van der Waals surface area contributed by atoms with E-state index in [1.165, 1.54) is 0 Å². The van der Waals surface area contributed by atoms with Crippen LogP contribution >= 0.6 is 0 Å². The van der Waals surface area contributed by atoms with Crippen LogP contribution < -0.4 is 52.3 Å². The van der Waals surface area contributed by atoms with Crippen molar-refractivity contribution in [1.29, 1.82) is 0 Å². The van der Waals surface area contributed by atoms with Gasteiger partial charge >= 0.3 is 12.1 Å². The first-order valence-corrected chi connectivity index (χ1v) is 27.6. The van der Waals surface area contributed by atoms with Gasteiger partial charge in [-0.2, -0.15) is 19.9 Å². The van der Waals surface area contributed by atoms with Crippen LogP contribution in [0.4, 0.5) is 33.1 Å². The Kier molecular flexibility index (Phi) is 16.5. The Hall–Kier alpha value is -8.12. The van der Waals surface area contributed by atoms with Gasteiger partial charge in [-0.15, -0.1) is 0 Å². The molecule has 0 aromatic carbocycles. The van der Waals surface area contributed by atoms with Gasteiger partial charge in [0.1, 0.15) is 25.4 Å². The molecule has 11 rings (SSSR count). The van der Waals surface area contributed by atoms with E-state index in [4.69, 9.17) is 29.9 Å². The van der Waals surface area contributed by atoms with Crippen molar-refractivity contribution in [3.8, 4) is 0 Å². The predicted octanol–water partition coefficient (Wildman–Crippen LogP) is -0.936. The second-order valence-corrected chi connectivity index (χ2v) is 21.5. The third kappa shape index (κ3) is 12.5.